The number of thiophene rings is 1. The molecule has 2 rings (SSSR count). The van der Waals surface area contributed by atoms with Gasteiger partial charge in [-0.25, -0.2) is 4.79 Å². The van der Waals surface area contributed by atoms with Gasteiger partial charge in [-0.15, -0.1) is 11.3 Å². The molecule has 0 saturated carbocycles. The summed E-state index contributed by atoms with van der Waals surface area (Å²) < 4.78 is 4.71. The molecule has 0 bridgehead atoms. The Balaban J connectivity index is 2.02. The highest BCUT2D eigenvalue weighted by atomic mass is 32.1. The van der Waals surface area contributed by atoms with E-state index >= 15 is 0 Å². The van der Waals surface area contributed by atoms with Crippen LogP contribution in [0.1, 0.15) is 30.6 Å². The zero-order valence-electron chi connectivity index (χ0n) is 11.6. The third-order valence-corrected chi connectivity index (χ3v) is 4.55. The van der Waals surface area contributed by atoms with E-state index in [2.05, 4.69) is 34.7 Å². The van der Waals surface area contributed by atoms with Crippen molar-refractivity contribution in [3.8, 4) is 0 Å². The topological polar surface area (TPSA) is 41.6 Å². The minimum Gasteiger partial charge on any atom is -0.453 e. The fourth-order valence-corrected chi connectivity index (χ4v) is 3.58. The number of rotatable bonds is 4. The molecule has 2 heterocycles. The second-order valence-corrected chi connectivity index (χ2v) is 6.02. The molecule has 5 heteroatoms. The van der Waals surface area contributed by atoms with Crippen LogP contribution in [0.4, 0.5) is 4.79 Å². The van der Waals surface area contributed by atoms with Crippen molar-refractivity contribution in [1.82, 2.24) is 10.2 Å². The number of hydrogen-bond acceptors (Lipinski definition) is 4. The molecule has 4 nitrogen and oxygen atoms in total. The summed E-state index contributed by atoms with van der Waals surface area (Å²) in [6, 6.07) is 4.47. The number of hydrogen-bond donors (Lipinski definition) is 1. The lowest BCUT2D eigenvalue weighted by Gasteiger charge is -2.37. The molecule has 1 aromatic heterocycles. The summed E-state index contributed by atoms with van der Waals surface area (Å²) in [4.78, 5) is 15.2. The Morgan fingerprint density at radius 1 is 1.58 bits per heavy atom. The number of alkyl carbamates (subject to hydrolysis) is 1. The zero-order chi connectivity index (χ0) is 13.7. The van der Waals surface area contributed by atoms with E-state index in [0.717, 1.165) is 32.5 Å². The normalized spacial score (nSPS) is 24.1. The molecule has 19 heavy (non-hydrogen) atoms. The highest BCUT2D eigenvalue weighted by molar-refractivity contribution is 7.10. The van der Waals surface area contributed by atoms with Crippen LogP contribution in [0.5, 0.6) is 0 Å². The zero-order valence-corrected chi connectivity index (χ0v) is 12.4. The van der Waals surface area contributed by atoms with Crippen LogP contribution < -0.4 is 5.32 Å². The van der Waals surface area contributed by atoms with Gasteiger partial charge in [0.2, 0.25) is 0 Å². The maximum atomic E-state index is 11.4. The van der Waals surface area contributed by atoms with Crippen molar-refractivity contribution in [2.75, 3.05) is 26.7 Å². The largest absolute Gasteiger partial charge is 0.453 e. The van der Waals surface area contributed by atoms with Gasteiger partial charge in [-0.05, 0) is 30.8 Å². The average molecular weight is 282 g/mol. The highest BCUT2D eigenvalue weighted by Gasteiger charge is 2.29. The second kappa shape index (κ2) is 6.91. The number of carbonyl (C=O) groups is 1. The molecule has 1 saturated heterocycles. The molecule has 2 atom stereocenters. The number of ether oxygens (including phenoxy) is 1. The van der Waals surface area contributed by atoms with E-state index in [1.807, 2.05) is 0 Å². The molecule has 0 aliphatic carbocycles. The van der Waals surface area contributed by atoms with Crippen LogP contribution in [0, 0.1) is 0 Å². The standard InChI is InChI=1S/C14H22N2O2S/c1-3-6-16-9-11(13-5-4-7-19-13)8-12(10-16)15-14(17)18-2/h4-5,7,11-12H,3,6,8-10H2,1-2H3,(H,15,17). The first-order valence-corrected chi connectivity index (χ1v) is 7.71. The van der Waals surface area contributed by atoms with Gasteiger partial charge in [0.25, 0.3) is 0 Å². The molecule has 1 aliphatic rings. The van der Waals surface area contributed by atoms with Crippen molar-refractivity contribution in [2.45, 2.75) is 31.7 Å². The van der Waals surface area contributed by atoms with E-state index in [0.29, 0.717) is 5.92 Å². The van der Waals surface area contributed by atoms with Crippen molar-refractivity contribution >= 4 is 17.4 Å². The van der Waals surface area contributed by atoms with Crippen molar-refractivity contribution in [3.05, 3.63) is 22.4 Å². The summed E-state index contributed by atoms with van der Waals surface area (Å²) in [7, 11) is 1.42. The molecular formula is C14H22N2O2S. The second-order valence-electron chi connectivity index (χ2n) is 5.04. The van der Waals surface area contributed by atoms with Crippen LogP contribution in [-0.4, -0.2) is 43.8 Å². The first-order chi connectivity index (χ1) is 9.22. The van der Waals surface area contributed by atoms with Crippen LogP contribution in [0.3, 0.4) is 0 Å². The fraction of sp³-hybridized carbons (Fsp3) is 0.643. The summed E-state index contributed by atoms with van der Waals surface area (Å²) in [6.45, 7) is 5.29. The smallest absolute Gasteiger partial charge is 0.407 e. The summed E-state index contributed by atoms with van der Waals surface area (Å²) in [5.74, 6) is 0.516. The molecule has 1 fully saturated rings. The van der Waals surface area contributed by atoms with Crippen molar-refractivity contribution < 1.29 is 9.53 Å². The van der Waals surface area contributed by atoms with E-state index in [1.165, 1.54) is 12.0 Å². The van der Waals surface area contributed by atoms with Crippen LogP contribution in [0.15, 0.2) is 17.5 Å². The Bertz CT molecular complexity index is 394. The molecule has 1 N–H and O–H groups in total. The lowest BCUT2D eigenvalue weighted by atomic mass is 9.93. The number of nitrogens with one attached hydrogen (secondary N) is 1. The molecule has 0 aromatic carbocycles. The van der Waals surface area contributed by atoms with E-state index < -0.39 is 0 Å². The third kappa shape index (κ3) is 3.94. The maximum Gasteiger partial charge on any atom is 0.407 e. The summed E-state index contributed by atoms with van der Waals surface area (Å²) in [6.07, 6.45) is 1.81. The van der Waals surface area contributed by atoms with Crippen LogP contribution in [0.2, 0.25) is 0 Å². The van der Waals surface area contributed by atoms with Gasteiger partial charge in [0.15, 0.2) is 0 Å². The van der Waals surface area contributed by atoms with Gasteiger partial charge in [-0.2, -0.15) is 0 Å². The van der Waals surface area contributed by atoms with E-state index in [9.17, 15) is 4.79 Å². The van der Waals surface area contributed by atoms with E-state index in [4.69, 9.17) is 4.74 Å². The van der Waals surface area contributed by atoms with Crippen molar-refractivity contribution in [1.29, 1.82) is 0 Å². The molecule has 0 spiro atoms. The Morgan fingerprint density at radius 3 is 3.05 bits per heavy atom. The van der Waals surface area contributed by atoms with Gasteiger partial charge >= 0.3 is 6.09 Å². The van der Waals surface area contributed by atoms with Gasteiger partial charge in [0, 0.05) is 29.9 Å². The molecule has 0 radical (unpaired) electrons. The first-order valence-electron chi connectivity index (χ1n) is 6.83. The number of likely N-dealkylation sites (tertiary alicyclic amines) is 1. The van der Waals surface area contributed by atoms with E-state index in [-0.39, 0.29) is 12.1 Å². The molecule has 1 aromatic rings. The number of amides is 1. The Kier molecular flexibility index (Phi) is 5.22. The average Bonchev–Trinajstić information content (AvgIpc) is 2.92. The highest BCUT2D eigenvalue weighted by Crippen LogP contribution is 2.30. The minimum absolute atomic E-state index is 0.180. The third-order valence-electron chi connectivity index (χ3n) is 3.52. The summed E-state index contributed by atoms with van der Waals surface area (Å²) in [5.41, 5.74) is 0. The quantitative estimate of drug-likeness (QED) is 0.923. The fourth-order valence-electron chi connectivity index (χ4n) is 2.75. The van der Waals surface area contributed by atoms with Crippen LogP contribution >= 0.6 is 11.3 Å². The number of nitrogens with zero attached hydrogens (tertiary/aromatic N) is 1. The predicted octanol–water partition coefficient (Wildman–Crippen LogP) is 2.67. The van der Waals surface area contributed by atoms with Gasteiger partial charge in [0.05, 0.1) is 7.11 Å². The summed E-state index contributed by atoms with van der Waals surface area (Å²) >= 11 is 1.81. The molecule has 1 amide bonds. The summed E-state index contributed by atoms with van der Waals surface area (Å²) in [5, 5.41) is 5.07. The molecule has 1 aliphatic heterocycles. The Labute approximate surface area is 118 Å². The minimum atomic E-state index is -0.326. The van der Waals surface area contributed by atoms with Crippen LogP contribution in [0.25, 0.3) is 0 Å². The van der Waals surface area contributed by atoms with Crippen molar-refractivity contribution in [2.24, 2.45) is 0 Å². The van der Waals surface area contributed by atoms with Crippen LogP contribution in [-0.2, 0) is 4.74 Å². The maximum absolute atomic E-state index is 11.4. The number of methoxy groups -OCH3 is 1. The first kappa shape index (κ1) is 14.3. The molecule has 106 valence electrons. The molecule has 2 unspecified atom stereocenters. The number of piperidine rings is 1. The Hall–Kier alpha value is -1.07. The van der Waals surface area contributed by atoms with Gasteiger partial charge in [-0.1, -0.05) is 13.0 Å². The number of carbonyl (C=O) groups excluding carboxylic acids is 1. The lowest BCUT2D eigenvalue weighted by Crippen LogP contribution is -2.50. The van der Waals surface area contributed by atoms with E-state index in [1.54, 1.807) is 11.3 Å². The lowest BCUT2D eigenvalue weighted by molar-refractivity contribution is 0.141. The van der Waals surface area contributed by atoms with Gasteiger partial charge < -0.3 is 15.0 Å². The van der Waals surface area contributed by atoms with Gasteiger partial charge in [0.1, 0.15) is 0 Å². The van der Waals surface area contributed by atoms with Gasteiger partial charge in [-0.3, -0.25) is 0 Å². The van der Waals surface area contributed by atoms with Crippen molar-refractivity contribution in [3.63, 3.8) is 0 Å². The Morgan fingerprint density at radius 2 is 2.42 bits per heavy atom. The SMILES string of the molecule is CCCN1CC(NC(=O)OC)CC(c2cccs2)C1. The predicted molar refractivity (Wildman–Crippen MR) is 77.7 cm³/mol. The monoisotopic (exact) mass is 282 g/mol. The molecular weight excluding hydrogens is 260 g/mol.